The van der Waals surface area contributed by atoms with Gasteiger partial charge >= 0.3 is 6.09 Å². The molecule has 3 heterocycles. The van der Waals surface area contributed by atoms with Crippen molar-refractivity contribution in [3.05, 3.63) is 64.9 Å². The number of alkyl carbamates (subject to hydrolysis) is 1. The van der Waals surface area contributed by atoms with E-state index < -0.39 is 0 Å². The highest BCUT2D eigenvalue weighted by atomic mass is 32.1. The van der Waals surface area contributed by atoms with Crippen LogP contribution in [0.2, 0.25) is 0 Å². The second-order valence-electron chi connectivity index (χ2n) is 7.58. The van der Waals surface area contributed by atoms with Crippen molar-refractivity contribution < 1.29 is 13.9 Å². The number of thiazole rings is 1. The molecule has 3 aromatic rings. The summed E-state index contributed by atoms with van der Waals surface area (Å²) in [5.74, 6) is 1.27. The van der Waals surface area contributed by atoms with Crippen LogP contribution in [-0.2, 0) is 11.3 Å². The van der Waals surface area contributed by atoms with Crippen LogP contribution in [0.25, 0.3) is 11.3 Å². The van der Waals surface area contributed by atoms with E-state index in [0.717, 1.165) is 54.3 Å². The summed E-state index contributed by atoms with van der Waals surface area (Å²) >= 11 is 1.47. The van der Waals surface area contributed by atoms with Gasteiger partial charge in [0.25, 0.3) is 0 Å². The Labute approximate surface area is 185 Å². The van der Waals surface area contributed by atoms with Crippen LogP contribution in [0.15, 0.2) is 54.2 Å². The van der Waals surface area contributed by atoms with E-state index in [2.05, 4.69) is 15.2 Å². The van der Waals surface area contributed by atoms with Crippen molar-refractivity contribution in [2.45, 2.75) is 25.9 Å². The lowest BCUT2D eigenvalue weighted by Gasteiger charge is -2.33. The number of nitrogens with one attached hydrogen (secondary N) is 1. The van der Waals surface area contributed by atoms with E-state index in [-0.39, 0.29) is 18.5 Å². The Morgan fingerprint density at radius 1 is 1.19 bits per heavy atom. The van der Waals surface area contributed by atoms with Gasteiger partial charge in [-0.2, -0.15) is 0 Å². The van der Waals surface area contributed by atoms with Crippen LogP contribution in [0, 0.1) is 11.7 Å². The number of ether oxygens (including phenoxy) is 1. The van der Waals surface area contributed by atoms with E-state index in [0.29, 0.717) is 12.5 Å². The van der Waals surface area contributed by atoms with Gasteiger partial charge in [0.15, 0.2) is 0 Å². The molecule has 1 aliphatic heterocycles. The summed E-state index contributed by atoms with van der Waals surface area (Å²) in [7, 11) is 0. The Bertz CT molecular complexity index is 974. The van der Waals surface area contributed by atoms with E-state index in [1.807, 2.05) is 18.2 Å². The van der Waals surface area contributed by atoms with Crippen LogP contribution in [0.5, 0.6) is 0 Å². The highest BCUT2D eigenvalue weighted by molar-refractivity contribution is 7.09. The Kier molecular flexibility index (Phi) is 7.09. The molecule has 1 saturated heterocycles. The van der Waals surface area contributed by atoms with Crippen molar-refractivity contribution in [1.82, 2.24) is 15.3 Å². The van der Waals surface area contributed by atoms with Crippen LogP contribution >= 0.6 is 11.3 Å². The number of rotatable bonds is 7. The largest absolute Gasteiger partial charge is 0.444 e. The number of piperidine rings is 1. The Hall–Kier alpha value is -3.00. The lowest BCUT2D eigenvalue weighted by molar-refractivity contribution is 0.140. The molecule has 1 N–H and O–H groups in total. The minimum atomic E-state index is -0.382. The van der Waals surface area contributed by atoms with Crippen LogP contribution in [0.3, 0.4) is 0 Å². The maximum Gasteiger partial charge on any atom is 0.407 e. The van der Waals surface area contributed by atoms with Gasteiger partial charge in [0, 0.05) is 31.4 Å². The predicted octanol–water partition coefficient (Wildman–Crippen LogP) is 4.88. The Morgan fingerprint density at radius 3 is 2.74 bits per heavy atom. The Morgan fingerprint density at radius 2 is 2.00 bits per heavy atom. The van der Waals surface area contributed by atoms with Crippen LogP contribution < -0.4 is 10.2 Å². The molecule has 1 aliphatic rings. The van der Waals surface area contributed by atoms with Crippen molar-refractivity contribution in [2.75, 3.05) is 24.5 Å². The minimum Gasteiger partial charge on any atom is -0.444 e. The molecule has 0 atom stereocenters. The molecule has 31 heavy (non-hydrogen) atoms. The summed E-state index contributed by atoms with van der Waals surface area (Å²) in [6.07, 6.45) is 4.37. The Balaban J connectivity index is 1.20. The van der Waals surface area contributed by atoms with Gasteiger partial charge in [0.1, 0.15) is 18.2 Å². The standard InChI is InChI=1S/C23H25FN4O2S/c24-19-6-4-18(5-7-19)21-2-1-3-22(27-21)28-12-9-17(10-13-28)8-11-26-23(29)30-15-20-14-25-16-31-20/h1-7,14,16-17H,8-13,15H2,(H,26,29). The number of pyridine rings is 1. The number of amides is 1. The molecule has 1 amide bonds. The molecule has 0 saturated carbocycles. The van der Waals surface area contributed by atoms with Crippen molar-refractivity contribution in [3.8, 4) is 11.3 Å². The molecule has 0 aliphatic carbocycles. The molecular weight excluding hydrogens is 415 g/mol. The fraction of sp³-hybridized carbons (Fsp3) is 0.348. The molecule has 4 rings (SSSR count). The van der Waals surface area contributed by atoms with Crippen molar-refractivity contribution in [2.24, 2.45) is 5.92 Å². The number of aromatic nitrogens is 2. The van der Waals surface area contributed by atoms with Crippen molar-refractivity contribution in [1.29, 1.82) is 0 Å². The highest BCUT2D eigenvalue weighted by Gasteiger charge is 2.20. The molecule has 1 fully saturated rings. The van der Waals surface area contributed by atoms with Gasteiger partial charge < -0.3 is 15.0 Å². The summed E-state index contributed by atoms with van der Waals surface area (Å²) < 4.78 is 18.4. The SMILES string of the molecule is O=C(NCCC1CCN(c2cccc(-c3ccc(F)cc3)n2)CC1)OCc1cncs1. The topological polar surface area (TPSA) is 67.4 Å². The first-order valence-corrected chi connectivity index (χ1v) is 11.3. The fourth-order valence-corrected chi connectivity index (χ4v) is 4.22. The first-order chi connectivity index (χ1) is 15.2. The quantitative estimate of drug-likeness (QED) is 0.567. The lowest BCUT2D eigenvalue weighted by atomic mass is 9.93. The average Bonchev–Trinajstić information content (AvgIpc) is 3.33. The summed E-state index contributed by atoms with van der Waals surface area (Å²) in [6.45, 7) is 2.74. The number of hydrogen-bond donors (Lipinski definition) is 1. The predicted molar refractivity (Wildman–Crippen MR) is 119 cm³/mol. The van der Waals surface area contributed by atoms with Gasteiger partial charge in [0.05, 0.1) is 16.1 Å². The zero-order valence-electron chi connectivity index (χ0n) is 17.2. The number of benzene rings is 1. The lowest BCUT2D eigenvalue weighted by Crippen LogP contribution is -2.35. The van der Waals surface area contributed by atoms with Gasteiger partial charge in [-0.1, -0.05) is 6.07 Å². The molecule has 162 valence electrons. The van der Waals surface area contributed by atoms with Crippen LogP contribution in [-0.4, -0.2) is 35.7 Å². The van der Waals surface area contributed by atoms with Gasteiger partial charge in [0.2, 0.25) is 0 Å². The maximum atomic E-state index is 13.2. The molecule has 6 nitrogen and oxygen atoms in total. The van der Waals surface area contributed by atoms with Gasteiger partial charge in [-0.3, -0.25) is 4.98 Å². The second kappa shape index (κ2) is 10.3. The van der Waals surface area contributed by atoms with Gasteiger partial charge in [-0.05, 0) is 61.6 Å². The third-order valence-electron chi connectivity index (χ3n) is 5.46. The van der Waals surface area contributed by atoms with Crippen LogP contribution in [0.1, 0.15) is 24.1 Å². The molecule has 0 bridgehead atoms. The molecule has 8 heteroatoms. The number of carbonyl (C=O) groups excluding carboxylic acids is 1. The molecular formula is C23H25FN4O2S. The average molecular weight is 441 g/mol. The molecule has 0 unspecified atom stereocenters. The summed E-state index contributed by atoms with van der Waals surface area (Å²) in [5, 5.41) is 2.84. The van der Waals surface area contributed by atoms with Crippen molar-refractivity contribution >= 4 is 23.2 Å². The van der Waals surface area contributed by atoms with E-state index in [1.165, 1.54) is 23.5 Å². The number of anilines is 1. The van der Waals surface area contributed by atoms with E-state index in [1.54, 1.807) is 23.8 Å². The summed E-state index contributed by atoms with van der Waals surface area (Å²) in [5.41, 5.74) is 3.48. The molecule has 2 aromatic heterocycles. The minimum absolute atomic E-state index is 0.246. The van der Waals surface area contributed by atoms with E-state index in [4.69, 9.17) is 9.72 Å². The van der Waals surface area contributed by atoms with Gasteiger partial charge in [-0.25, -0.2) is 14.2 Å². The first-order valence-electron chi connectivity index (χ1n) is 10.4. The zero-order valence-corrected chi connectivity index (χ0v) is 18.0. The van der Waals surface area contributed by atoms with Gasteiger partial charge in [-0.15, -0.1) is 11.3 Å². The van der Waals surface area contributed by atoms with E-state index in [9.17, 15) is 9.18 Å². The zero-order chi connectivity index (χ0) is 21.5. The number of nitrogens with zero attached hydrogens (tertiary/aromatic N) is 3. The molecule has 0 radical (unpaired) electrons. The smallest absolute Gasteiger partial charge is 0.407 e. The van der Waals surface area contributed by atoms with Crippen LogP contribution in [0.4, 0.5) is 15.0 Å². The number of hydrogen-bond acceptors (Lipinski definition) is 6. The molecule has 1 aromatic carbocycles. The first kappa shape index (κ1) is 21.2. The normalized spacial score (nSPS) is 14.4. The second-order valence-corrected chi connectivity index (χ2v) is 8.55. The summed E-state index contributed by atoms with van der Waals surface area (Å²) in [6, 6.07) is 12.4. The maximum absolute atomic E-state index is 13.2. The monoisotopic (exact) mass is 440 g/mol. The number of carbonyl (C=O) groups is 1. The third kappa shape index (κ3) is 6.01. The fourth-order valence-electron chi connectivity index (χ4n) is 3.71. The van der Waals surface area contributed by atoms with E-state index >= 15 is 0 Å². The summed E-state index contributed by atoms with van der Waals surface area (Å²) in [4.78, 5) is 23.8. The third-order valence-corrected chi connectivity index (χ3v) is 6.22. The number of halogens is 1. The highest BCUT2D eigenvalue weighted by Crippen LogP contribution is 2.26. The van der Waals surface area contributed by atoms with Crippen molar-refractivity contribution in [3.63, 3.8) is 0 Å². The molecule has 0 spiro atoms.